The van der Waals surface area contributed by atoms with Crippen LogP contribution < -0.4 is 4.74 Å². The minimum absolute atomic E-state index is 0.0624. The van der Waals surface area contributed by atoms with Gasteiger partial charge in [-0.3, -0.25) is 0 Å². The molecule has 2 atom stereocenters. The summed E-state index contributed by atoms with van der Waals surface area (Å²) in [5.74, 6) is 0.519. The molecule has 1 aliphatic heterocycles. The number of benzene rings is 1. The number of rotatable bonds is 4. The lowest BCUT2D eigenvalue weighted by atomic mass is 10.3. The number of aliphatic hydroxyl groups excluding tert-OH is 1. The average Bonchev–Trinajstić information content (AvgIpc) is 2.38. The number of para-hydroxylation sites is 2. The van der Waals surface area contributed by atoms with Crippen molar-refractivity contribution < 1.29 is 24.4 Å². The number of aromatic hydroxyl groups is 1. The lowest BCUT2D eigenvalue weighted by molar-refractivity contribution is -0.159. The van der Waals surface area contributed by atoms with E-state index < -0.39 is 0 Å². The molecule has 94 valence electrons. The molecule has 5 nitrogen and oxygen atoms in total. The summed E-state index contributed by atoms with van der Waals surface area (Å²) in [5, 5.41) is 18.5. The minimum atomic E-state index is -0.290. The second kappa shape index (κ2) is 5.86. The summed E-state index contributed by atoms with van der Waals surface area (Å²) in [5.41, 5.74) is 0. The van der Waals surface area contributed by atoms with Gasteiger partial charge in [-0.1, -0.05) is 12.1 Å². The fourth-order valence-electron chi connectivity index (χ4n) is 1.63. The standard InChI is InChI=1S/C12H16O5/c13-5-9-6-15-7-10(17-9)8-16-12-4-2-1-3-11(12)14/h1-4,9-10,13-14H,5-8H2. The highest BCUT2D eigenvalue weighted by Gasteiger charge is 2.23. The molecule has 2 unspecified atom stereocenters. The smallest absolute Gasteiger partial charge is 0.161 e. The summed E-state index contributed by atoms with van der Waals surface area (Å²) in [6.07, 6.45) is -0.512. The zero-order chi connectivity index (χ0) is 12.1. The number of hydrogen-bond acceptors (Lipinski definition) is 5. The third-order valence-corrected chi connectivity index (χ3v) is 2.49. The van der Waals surface area contributed by atoms with E-state index in [0.29, 0.717) is 19.0 Å². The first kappa shape index (κ1) is 12.2. The number of phenols is 1. The van der Waals surface area contributed by atoms with Crippen LogP contribution in [0.4, 0.5) is 0 Å². The fourth-order valence-corrected chi connectivity index (χ4v) is 1.63. The number of hydrogen-bond donors (Lipinski definition) is 2. The summed E-state index contributed by atoms with van der Waals surface area (Å²) in [7, 11) is 0. The molecule has 0 bridgehead atoms. The molecule has 0 amide bonds. The second-order valence-electron chi connectivity index (χ2n) is 3.88. The fraction of sp³-hybridized carbons (Fsp3) is 0.500. The Kier molecular flexibility index (Phi) is 4.19. The van der Waals surface area contributed by atoms with Gasteiger partial charge in [-0.05, 0) is 12.1 Å². The SMILES string of the molecule is OCC1COCC(COc2ccccc2O)O1. The van der Waals surface area contributed by atoms with Gasteiger partial charge < -0.3 is 24.4 Å². The van der Waals surface area contributed by atoms with Crippen molar-refractivity contribution >= 4 is 0 Å². The van der Waals surface area contributed by atoms with E-state index in [1.54, 1.807) is 24.3 Å². The van der Waals surface area contributed by atoms with Crippen LogP contribution in [0, 0.1) is 0 Å². The Balaban J connectivity index is 1.84. The third kappa shape index (κ3) is 3.33. The Morgan fingerprint density at radius 3 is 2.76 bits per heavy atom. The maximum atomic E-state index is 9.50. The second-order valence-corrected chi connectivity index (χ2v) is 3.88. The quantitative estimate of drug-likeness (QED) is 0.804. The zero-order valence-electron chi connectivity index (χ0n) is 9.41. The minimum Gasteiger partial charge on any atom is -0.504 e. The summed E-state index contributed by atoms with van der Waals surface area (Å²) in [6.45, 7) is 1.06. The van der Waals surface area contributed by atoms with E-state index in [-0.39, 0.29) is 31.2 Å². The Morgan fingerprint density at radius 1 is 1.24 bits per heavy atom. The Morgan fingerprint density at radius 2 is 2.00 bits per heavy atom. The molecule has 1 saturated heterocycles. The summed E-state index contributed by atoms with van der Waals surface area (Å²) < 4.78 is 16.2. The van der Waals surface area contributed by atoms with Gasteiger partial charge in [0.05, 0.1) is 19.8 Å². The summed E-state index contributed by atoms with van der Waals surface area (Å²) in [6, 6.07) is 6.75. The summed E-state index contributed by atoms with van der Waals surface area (Å²) in [4.78, 5) is 0. The van der Waals surface area contributed by atoms with Crippen molar-refractivity contribution in [3.05, 3.63) is 24.3 Å². The molecule has 1 heterocycles. The highest BCUT2D eigenvalue weighted by atomic mass is 16.6. The van der Waals surface area contributed by atoms with E-state index in [2.05, 4.69) is 0 Å². The number of phenolic OH excluding ortho intramolecular Hbond substituents is 1. The van der Waals surface area contributed by atoms with Gasteiger partial charge in [0.15, 0.2) is 11.5 Å². The maximum absolute atomic E-state index is 9.50. The first-order valence-electron chi connectivity index (χ1n) is 5.54. The van der Waals surface area contributed by atoms with E-state index in [1.165, 1.54) is 0 Å². The Labute approximate surface area is 99.5 Å². The van der Waals surface area contributed by atoms with Gasteiger partial charge in [0, 0.05) is 0 Å². The van der Waals surface area contributed by atoms with Crippen LogP contribution in [0.25, 0.3) is 0 Å². The number of aliphatic hydroxyl groups is 1. The van der Waals surface area contributed by atoms with Crippen LogP contribution in [-0.2, 0) is 9.47 Å². The lowest BCUT2D eigenvalue weighted by Crippen LogP contribution is -2.41. The monoisotopic (exact) mass is 240 g/mol. The van der Waals surface area contributed by atoms with Crippen molar-refractivity contribution in [3.63, 3.8) is 0 Å². The van der Waals surface area contributed by atoms with Crippen LogP contribution in [0.2, 0.25) is 0 Å². The van der Waals surface area contributed by atoms with Gasteiger partial charge in [-0.25, -0.2) is 0 Å². The van der Waals surface area contributed by atoms with Crippen LogP contribution in [0.15, 0.2) is 24.3 Å². The van der Waals surface area contributed by atoms with Crippen molar-refractivity contribution in [2.24, 2.45) is 0 Å². The van der Waals surface area contributed by atoms with Gasteiger partial charge in [0.25, 0.3) is 0 Å². The molecular weight excluding hydrogens is 224 g/mol. The molecule has 0 radical (unpaired) electrons. The topological polar surface area (TPSA) is 68.2 Å². The molecule has 1 aromatic rings. The molecular formula is C12H16O5. The molecule has 0 spiro atoms. The molecule has 1 fully saturated rings. The van der Waals surface area contributed by atoms with E-state index in [4.69, 9.17) is 19.3 Å². The molecule has 1 aromatic carbocycles. The predicted molar refractivity (Wildman–Crippen MR) is 60.2 cm³/mol. The van der Waals surface area contributed by atoms with Crippen LogP contribution in [0.3, 0.4) is 0 Å². The van der Waals surface area contributed by atoms with E-state index >= 15 is 0 Å². The van der Waals surface area contributed by atoms with Crippen molar-refractivity contribution in [1.29, 1.82) is 0 Å². The number of ether oxygens (including phenoxy) is 3. The first-order chi connectivity index (χ1) is 8.29. The Bertz CT molecular complexity index is 355. The van der Waals surface area contributed by atoms with Crippen LogP contribution in [0.5, 0.6) is 11.5 Å². The molecule has 2 rings (SSSR count). The molecule has 2 N–H and O–H groups in total. The molecule has 0 aromatic heterocycles. The van der Waals surface area contributed by atoms with Gasteiger partial charge in [-0.2, -0.15) is 0 Å². The normalized spacial score (nSPS) is 24.5. The molecule has 1 aliphatic rings. The van der Waals surface area contributed by atoms with Crippen molar-refractivity contribution in [2.45, 2.75) is 12.2 Å². The zero-order valence-corrected chi connectivity index (χ0v) is 9.41. The largest absolute Gasteiger partial charge is 0.504 e. The van der Waals surface area contributed by atoms with Crippen molar-refractivity contribution in [1.82, 2.24) is 0 Å². The average molecular weight is 240 g/mol. The van der Waals surface area contributed by atoms with Gasteiger partial charge in [0.2, 0.25) is 0 Å². The molecule has 17 heavy (non-hydrogen) atoms. The van der Waals surface area contributed by atoms with Crippen LogP contribution in [-0.4, -0.2) is 48.8 Å². The maximum Gasteiger partial charge on any atom is 0.161 e. The van der Waals surface area contributed by atoms with E-state index in [9.17, 15) is 5.11 Å². The summed E-state index contributed by atoms with van der Waals surface area (Å²) >= 11 is 0. The molecule has 5 heteroatoms. The first-order valence-corrected chi connectivity index (χ1v) is 5.54. The van der Waals surface area contributed by atoms with Gasteiger partial charge in [-0.15, -0.1) is 0 Å². The van der Waals surface area contributed by atoms with Crippen LogP contribution in [0.1, 0.15) is 0 Å². The highest BCUT2D eigenvalue weighted by Crippen LogP contribution is 2.24. The Hall–Kier alpha value is -1.30. The highest BCUT2D eigenvalue weighted by molar-refractivity contribution is 5.37. The van der Waals surface area contributed by atoms with E-state index in [0.717, 1.165) is 0 Å². The predicted octanol–water partition coefficient (Wildman–Crippen LogP) is 0.547. The van der Waals surface area contributed by atoms with Gasteiger partial charge in [0.1, 0.15) is 18.8 Å². The van der Waals surface area contributed by atoms with Crippen molar-refractivity contribution in [3.8, 4) is 11.5 Å². The van der Waals surface area contributed by atoms with Crippen molar-refractivity contribution in [2.75, 3.05) is 26.4 Å². The van der Waals surface area contributed by atoms with Crippen LogP contribution >= 0.6 is 0 Å². The molecule has 0 aliphatic carbocycles. The molecule has 0 saturated carbocycles. The lowest BCUT2D eigenvalue weighted by Gasteiger charge is -2.28. The third-order valence-electron chi connectivity index (χ3n) is 2.49. The van der Waals surface area contributed by atoms with E-state index in [1.807, 2.05) is 0 Å². The van der Waals surface area contributed by atoms with Gasteiger partial charge >= 0.3 is 0 Å².